The van der Waals surface area contributed by atoms with Gasteiger partial charge >= 0.3 is 11.9 Å². The third kappa shape index (κ3) is 5.71. The lowest BCUT2D eigenvalue weighted by atomic mass is 10.0. The normalized spacial score (nSPS) is 11.9. The fourth-order valence-electron chi connectivity index (χ4n) is 3.48. The number of carbonyl (C=O) groups excluding carboxylic acids is 2. The number of benzene rings is 2. The van der Waals surface area contributed by atoms with Crippen LogP contribution >= 0.6 is 0 Å². The van der Waals surface area contributed by atoms with Gasteiger partial charge in [-0.05, 0) is 38.1 Å². The summed E-state index contributed by atoms with van der Waals surface area (Å²) in [5.41, 5.74) is -0.773. The number of sulfone groups is 2. The van der Waals surface area contributed by atoms with E-state index < -0.39 is 48.5 Å². The molecule has 0 N–H and O–H groups in total. The summed E-state index contributed by atoms with van der Waals surface area (Å²) in [6.45, 7) is 10.3. The second-order valence-corrected chi connectivity index (χ2v) is 12.3. The lowest BCUT2D eigenvalue weighted by Gasteiger charge is -2.33. The first kappa shape index (κ1) is 28.0. The van der Waals surface area contributed by atoms with Crippen molar-refractivity contribution < 1.29 is 35.9 Å². The van der Waals surface area contributed by atoms with E-state index in [0.29, 0.717) is 0 Å². The van der Waals surface area contributed by atoms with Gasteiger partial charge in [0.1, 0.15) is 0 Å². The van der Waals surface area contributed by atoms with Crippen molar-refractivity contribution in [3.63, 3.8) is 0 Å². The van der Waals surface area contributed by atoms with Crippen LogP contribution in [0.1, 0.15) is 26.7 Å². The highest BCUT2D eigenvalue weighted by atomic mass is 32.3. The lowest BCUT2D eigenvalue weighted by molar-refractivity contribution is -0.139. The molecular formula is C25H28O8S2. The van der Waals surface area contributed by atoms with Gasteiger partial charge in [0.05, 0.1) is 23.0 Å². The third-order valence-electron chi connectivity index (χ3n) is 5.18. The SMILES string of the molecule is C=C(CC(CC(=C)C(=O)OCC)(S(=O)(=O)c1ccccc1)S(=O)(=O)c1ccccc1)C(=O)OCC. The third-order valence-corrected chi connectivity index (χ3v) is 10.8. The molecule has 35 heavy (non-hydrogen) atoms. The number of carbonyl (C=O) groups is 2. The molecule has 188 valence electrons. The highest BCUT2D eigenvalue weighted by Gasteiger charge is 2.57. The molecule has 0 amide bonds. The topological polar surface area (TPSA) is 121 Å². The van der Waals surface area contributed by atoms with Gasteiger partial charge in [0.25, 0.3) is 0 Å². The van der Waals surface area contributed by atoms with Crippen LogP contribution in [0.15, 0.2) is 94.8 Å². The Morgan fingerprint density at radius 2 is 1.00 bits per heavy atom. The van der Waals surface area contributed by atoms with Crippen LogP contribution in [-0.2, 0) is 38.7 Å². The van der Waals surface area contributed by atoms with Gasteiger partial charge in [-0.3, -0.25) is 0 Å². The summed E-state index contributed by atoms with van der Waals surface area (Å²) >= 11 is 0. The summed E-state index contributed by atoms with van der Waals surface area (Å²) in [5.74, 6) is -1.91. The minimum Gasteiger partial charge on any atom is -0.463 e. The molecule has 0 radical (unpaired) electrons. The minimum absolute atomic E-state index is 0.0305. The predicted molar refractivity (Wildman–Crippen MR) is 131 cm³/mol. The summed E-state index contributed by atoms with van der Waals surface area (Å²) in [4.78, 5) is 24.3. The minimum atomic E-state index is -4.78. The highest BCUT2D eigenvalue weighted by Crippen LogP contribution is 2.44. The molecule has 0 aromatic heterocycles. The van der Waals surface area contributed by atoms with Crippen LogP contribution in [0.3, 0.4) is 0 Å². The monoisotopic (exact) mass is 520 g/mol. The van der Waals surface area contributed by atoms with Gasteiger partial charge in [0, 0.05) is 24.0 Å². The highest BCUT2D eigenvalue weighted by molar-refractivity contribution is 8.10. The molecule has 0 aliphatic heterocycles. The van der Waals surface area contributed by atoms with Crippen molar-refractivity contribution in [3.8, 4) is 0 Å². The van der Waals surface area contributed by atoms with Crippen LogP contribution in [0.25, 0.3) is 0 Å². The van der Waals surface area contributed by atoms with Gasteiger partial charge in [0.2, 0.25) is 0 Å². The maximum absolute atomic E-state index is 14.1. The largest absolute Gasteiger partial charge is 0.463 e. The van der Waals surface area contributed by atoms with E-state index in [1.807, 2.05) is 0 Å². The molecular weight excluding hydrogens is 492 g/mol. The molecule has 10 heteroatoms. The summed E-state index contributed by atoms with van der Waals surface area (Å²) in [6, 6.07) is 13.9. The van der Waals surface area contributed by atoms with Crippen molar-refractivity contribution in [1.82, 2.24) is 0 Å². The number of rotatable bonds is 12. The first-order chi connectivity index (χ1) is 16.4. The first-order valence-electron chi connectivity index (χ1n) is 10.7. The number of esters is 2. The molecule has 0 atom stereocenters. The Morgan fingerprint density at radius 3 is 1.29 bits per heavy atom. The van der Waals surface area contributed by atoms with Crippen LogP contribution in [0.2, 0.25) is 0 Å². The Labute approximate surface area is 206 Å². The molecule has 0 unspecified atom stereocenters. The molecule has 0 spiro atoms. The average molecular weight is 521 g/mol. The lowest BCUT2D eigenvalue weighted by Crippen LogP contribution is -2.48. The van der Waals surface area contributed by atoms with E-state index in [0.717, 1.165) is 0 Å². The predicted octanol–water partition coefficient (Wildman–Crippen LogP) is 3.65. The van der Waals surface area contributed by atoms with E-state index in [-0.39, 0.29) is 34.2 Å². The van der Waals surface area contributed by atoms with Gasteiger partial charge in [-0.15, -0.1) is 0 Å². The van der Waals surface area contributed by atoms with Crippen LogP contribution < -0.4 is 0 Å². The fraction of sp³-hybridized carbons (Fsp3) is 0.280. The Morgan fingerprint density at radius 1 is 0.686 bits per heavy atom. The average Bonchev–Trinajstić information content (AvgIpc) is 2.84. The summed E-state index contributed by atoms with van der Waals surface area (Å²) in [6.07, 6.45) is -1.72. The van der Waals surface area contributed by atoms with E-state index in [2.05, 4.69) is 13.2 Å². The molecule has 0 heterocycles. The number of hydrogen-bond donors (Lipinski definition) is 0. The van der Waals surface area contributed by atoms with Crippen molar-refractivity contribution in [2.45, 2.75) is 40.6 Å². The molecule has 2 rings (SSSR count). The molecule has 2 aromatic rings. The van der Waals surface area contributed by atoms with Crippen molar-refractivity contribution in [3.05, 3.63) is 85.0 Å². The maximum Gasteiger partial charge on any atom is 0.333 e. The van der Waals surface area contributed by atoms with E-state index in [9.17, 15) is 26.4 Å². The molecule has 8 nitrogen and oxygen atoms in total. The van der Waals surface area contributed by atoms with Crippen LogP contribution in [0.5, 0.6) is 0 Å². The van der Waals surface area contributed by atoms with Gasteiger partial charge < -0.3 is 9.47 Å². The maximum atomic E-state index is 14.1. The second-order valence-electron chi connectivity index (χ2n) is 7.55. The summed E-state index contributed by atoms with van der Waals surface area (Å²) in [7, 11) is -9.56. The van der Waals surface area contributed by atoms with Crippen molar-refractivity contribution >= 4 is 31.6 Å². The number of hydrogen-bond acceptors (Lipinski definition) is 8. The Hall–Kier alpha value is -3.24. The smallest absolute Gasteiger partial charge is 0.333 e. The van der Waals surface area contributed by atoms with Gasteiger partial charge in [-0.1, -0.05) is 49.6 Å². The quantitative estimate of drug-likeness (QED) is 0.307. The van der Waals surface area contributed by atoms with Crippen LogP contribution in [-0.4, -0.2) is 46.1 Å². The van der Waals surface area contributed by atoms with Crippen molar-refractivity contribution in [2.24, 2.45) is 0 Å². The molecule has 0 saturated carbocycles. The fourth-order valence-corrected chi connectivity index (χ4v) is 8.56. The molecule has 0 bridgehead atoms. The Bertz CT molecular complexity index is 1190. The Balaban J connectivity index is 2.91. The van der Waals surface area contributed by atoms with E-state index >= 15 is 0 Å². The molecule has 0 aliphatic carbocycles. The van der Waals surface area contributed by atoms with E-state index in [1.165, 1.54) is 48.5 Å². The molecule has 0 saturated heterocycles. The zero-order valence-electron chi connectivity index (χ0n) is 19.6. The standard InChI is InChI=1S/C25H28O8S2/c1-5-32-23(26)19(3)17-25(18-20(4)24(27)33-6-2,34(28,29)21-13-9-7-10-14-21)35(30,31)22-15-11-8-12-16-22/h7-16H,3-6,17-18H2,1-2H3. The molecule has 0 fully saturated rings. The zero-order chi connectivity index (χ0) is 26.3. The second kappa shape index (κ2) is 11.5. The van der Waals surface area contributed by atoms with Gasteiger partial charge in [0.15, 0.2) is 23.8 Å². The first-order valence-corrected chi connectivity index (χ1v) is 13.7. The zero-order valence-corrected chi connectivity index (χ0v) is 21.2. The van der Waals surface area contributed by atoms with Gasteiger partial charge in [-0.2, -0.15) is 0 Å². The molecule has 2 aromatic carbocycles. The van der Waals surface area contributed by atoms with Crippen molar-refractivity contribution in [2.75, 3.05) is 13.2 Å². The van der Waals surface area contributed by atoms with Gasteiger partial charge in [-0.25, -0.2) is 26.4 Å². The van der Waals surface area contributed by atoms with Crippen LogP contribution in [0, 0.1) is 0 Å². The molecule has 0 aliphatic rings. The summed E-state index contributed by atoms with van der Waals surface area (Å²) in [5, 5.41) is 0. The van der Waals surface area contributed by atoms with Crippen molar-refractivity contribution in [1.29, 1.82) is 0 Å². The number of ether oxygens (including phenoxy) is 2. The van der Waals surface area contributed by atoms with Crippen LogP contribution in [0.4, 0.5) is 0 Å². The van der Waals surface area contributed by atoms with E-state index in [4.69, 9.17) is 9.47 Å². The Kier molecular flexibility index (Phi) is 9.17. The van der Waals surface area contributed by atoms with E-state index in [1.54, 1.807) is 26.0 Å². The summed E-state index contributed by atoms with van der Waals surface area (Å²) < 4.78 is 63.7.